The van der Waals surface area contributed by atoms with Crippen molar-refractivity contribution in [3.05, 3.63) is 0 Å². The Kier molecular flexibility index (Phi) is 5.73. The van der Waals surface area contributed by atoms with Gasteiger partial charge in [-0.25, -0.2) is 0 Å². The highest BCUT2D eigenvalue weighted by atomic mass is 16.5. The molecular formula is C13H28N2O. The standard InChI is InChI=1S/C13H28N2O/c1-6-14-10(2)9-11(3)15(5)13-7-8-16-12(13)4/h10-14H,6-9H2,1-5H3. The lowest BCUT2D eigenvalue weighted by atomic mass is 10.0. The van der Waals surface area contributed by atoms with Gasteiger partial charge in [0, 0.05) is 24.7 Å². The Balaban J connectivity index is 2.37. The number of ether oxygens (including phenoxy) is 1. The van der Waals surface area contributed by atoms with Gasteiger partial charge in [0.1, 0.15) is 0 Å². The molecule has 96 valence electrons. The van der Waals surface area contributed by atoms with Crippen LogP contribution in [0.1, 0.15) is 40.5 Å². The average molecular weight is 228 g/mol. The lowest BCUT2D eigenvalue weighted by molar-refractivity contribution is 0.0672. The molecule has 16 heavy (non-hydrogen) atoms. The van der Waals surface area contributed by atoms with Crippen LogP contribution < -0.4 is 5.32 Å². The Morgan fingerprint density at radius 1 is 1.44 bits per heavy atom. The second-order valence-electron chi connectivity index (χ2n) is 5.14. The topological polar surface area (TPSA) is 24.5 Å². The first-order valence-electron chi connectivity index (χ1n) is 6.63. The largest absolute Gasteiger partial charge is 0.377 e. The number of likely N-dealkylation sites (N-methyl/N-ethyl adjacent to an activating group) is 1. The second-order valence-corrected chi connectivity index (χ2v) is 5.14. The van der Waals surface area contributed by atoms with Gasteiger partial charge in [-0.15, -0.1) is 0 Å². The second kappa shape index (κ2) is 6.58. The molecule has 1 saturated heterocycles. The molecule has 0 aromatic heterocycles. The number of hydrogen-bond acceptors (Lipinski definition) is 3. The Morgan fingerprint density at radius 3 is 2.62 bits per heavy atom. The van der Waals surface area contributed by atoms with Gasteiger partial charge >= 0.3 is 0 Å². The van der Waals surface area contributed by atoms with E-state index in [0.717, 1.165) is 13.2 Å². The van der Waals surface area contributed by atoms with Crippen LogP contribution in [0.2, 0.25) is 0 Å². The molecule has 0 spiro atoms. The normalized spacial score (nSPS) is 29.6. The molecule has 1 aliphatic heterocycles. The molecule has 0 saturated carbocycles. The van der Waals surface area contributed by atoms with E-state index in [-0.39, 0.29) is 0 Å². The molecule has 4 unspecified atom stereocenters. The third kappa shape index (κ3) is 3.72. The molecule has 0 aromatic carbocycles. The van der Waals surface area contributed by atoms with Crippen molar-refractivity contribution in [1.82, 2.24) is 10.2 Å². The SMILES string of the molecule is CCNC(C)CC(C)N(C)C1CCOC1C. The van der Waals surface area contributed by atoms with Crippen LogP contribution in [0.25, 0.3) is 0 Å². The molecule has 3 nitrogen and oxygen atoms in total. The summed E-state index contributed by atoms with van der Waals surface area (Å²) in [5.74, 6) is 0. The van der Waals surface area contributed by atoms with Crippen LogP contribution in [0.4, 0.5) is 0 Å². The van der Waals surface area contributed by atoms with E-state index in [0.29, 0.717) is 24.2 Å². The summed E-state index contributed by atoms with van der Waals surface area (Å²) in [6, 6.07) is 1.81. The quantitative estimate of drug-likeness (QED) is 0.751. The van der Waals surface area contributed by atoms with Gasteiger partial charge in [-0.1, -0.05) is 6.92 Å². The first-order chi connectivity index (χ1) is 7.56. The molecule has 0 bridgehead atoms. The Hall–Kier alpha value is -0.120. The molecule has 0 aliphatic carbocycles. The number of nitrogens with zero attached hydrogens (tertiary/aromatic N) is 1. The van der Waals surface area contributed by atoms with E-state index >= 15 is 0 Å². The summed E-state index contributed by atoms with van der Waals surface area (Å²) >= 11 is 0. The summed E-state index contributed by atoms with van der Waals surface area (Å²) in [4.78, 5) is 2.49. The Labute approximate surface area is 101 Å². The summed E-state index contributed by atoms with van der Waals surface area (Å²) in [5.41, 5.74) is 0. The smallest absolute Gasteiger partial charge is 0.0703 e. The van der Waals surface area contributed by atoms with Gasteiger partial charge in [0.25, 0.3) is 0 Å². The van der Waals surface area contributed by atoms with Crippen LogP contribution in [0.3, 0.4) is 0 Å². The van der Waals surface area contributed by atoms with Gasteiger partial charge in [-0.3, -0.25) is 4.90 Å². The highest BCUT2D eigenvalue weighted by Crippen LogP contribution is 2.21. The van der Waals surface area contributed by atoms with Crippen molar-refractivity contribution in [2.24, 2.45) is 0 Å². The molecule has 1 rings (SSSR count). The lowest BCUT2D eigenvalue weighted by Gasteiger charge is -2.33. The van der Waals surface area contributed by atoms with Crippen molar-refractivity contribution in [3.8, 4) is 0 Å². The van der Waals surface area contributed by atoms with Crippen LogP contribution >= 0.6 is 0 Å². The van der Waals surface area contributed by atoms with Crippen molar-refractivity contribution >= 4 is 0 Å². The summed E-state index contributed by atoms with van der Waals surface area (Å²) in [6.07, 6.45) is 2.77. The zero-order chi connectivity index (χ0) is 12.1. The third-order valence-electron chi connectivity index (χ3n) is 3.80. The summed E-state index contributed by atoms with van der Waals surface area (Å²) in [5, 5.41) is 3.48. The fraction of sp³-hybridized carbons (Fsp3) is 1.00. The molecule has 0 radical (unpaired) electrons. The average Bonchev–Trinajstić information content (AvgIpc) is 2.63. The molecule has 1 aliphatic rings. The Morgan fingerprint density at radius 2 is 2.12 bits per heavy atom. The predicted octanol–water partition coefficient (Wildman–Crippen LogP) is 1.87. The van der Waals surface area contributed by atoms with Crippen LogP contribution in [-0.4, -0.2) is 49.3 Å². The van der Waals surface area contributed by atoms with E-state index in [1.54, 1.807) is 0 Å². The zero-order valence-electron chi connectivity index (χ0n) is 11.5. The number of nitrogens with one attached hydrogen (secondary N) is 1. The predicted molar refractivity (Wildman–Crippen MR) is 68.8 cm³/mol. The maximum atomic E-state index is 5.63. The molecule has 1 heterocycles. The van der Waals surface area contributed by atoms with Crippen molar-refractivity contribution in [2.45, 2.75) is 64.8 Å². The fourth-order valence-corrected chi connectivity index (χ4v) is 2.69. The van der Waals surface area contributed by atoms with Gasteiger partial charge < -0.3 is 10.1 Å². The van der Waals surface area contributed by atoms with Crippen LogP contribution in [0.15, 0.2) is 0 Å². The summed E-state index contributed by atoms with van der Waals surface area (Å²) in [7, 11) is 2.24. The molecule has 0 aromatic rings. The first kappa shape index (κ1) is 13.9. The van der Waals surface area contributed by atoms with Crippen LogP contribution in [0.5, 0.6) is 0 Å². The van der Waals surface area contributed by atoms with Crippen LogP contribution in [-0.2, 0) is 4.74 Å². The molecule has 4 atom stereocenters. The Bertz CT molecular complexity index is 198. The van der Waals surface area contributed by atoms with Crippen LogP contribution in [0, 0.1) is 0 Å². The minimum Gasteiger partial charge on any atom is -0.377 e. The van der Waals surface area contributed by atoms with E-state index < -0.39 is 0 Å². The molecule has 3 heteroatoms. The van der Waals surface area contributed by atoms with E-state index in [1.165, 1.54) is 12.8 Å². The fourth-order valence-electron chi connectivity index (χ4n) is 2.69. The maximum Gasteiger partial charge on any atom is 0.0703 e. The van der Waals surface area contributed by atoms with Crippen molar-refractivity contribution in [3.63, 3.8) is 0 Å². The maximum absolute atomic E-state index is 5.63. The number of rotatable bonds is 6. The highest BCUT2D eigenvalue weighted by Gasteiger charge is 2.30. The van der Waals surface area contributed by atoms with E-state index in [9.17, 15) is 0 Å². The van der Waals surface area contributed by atoms with E-state index in [4.69, 9.17) is 4.74 Å². The van der Waals surface area contributed by atoms with Gasteiger partial charge in [0.2, 0.25) is 0 Å². The molecule has 1 fully saturated rings. The van der Waals surface area contributed by atoms with Gasteiger partial charge in [0.05, 0.1) is 6.10 Å². The molecular weight excluding hydrogens is 200 g/mol. The monoisotopic (exact) mass is 228 g/mol. The van der Waals surface area contributed by atoms with E-state index in [1.807, 2.05) is 0 Å². The van der Waals surface area contributed by atoms with Crippen molar-refractivity contribution in [2.75, 3.05) is 20.2 Å². The summed E-state index contributed by atoms with van der Waals surface area (Å²) < 4.78 is 5.63. The minimum atomic E-state index is 0.391. The minimum absolute atomic E-state index is 0.391. The zero-order valence-corrected chi connectivity index (χ0v) is 11.5. The van der Waals surface area contributed by atoms with Crippen molar-refractivity contribution < 1.29 is 4.74 Å². The van der Waals surface area contributed by atoms with Gasteiger partial charge in [-0.2, -0.15) is 0 Å². The third-order valence-corrected chi connectivity index (χ3v) is 3.80. The number of hydrogen-bond donors (Lipinski definition) is 1. The lowest BCUT2D eigenvalue weighted by Crippen LogP contribution is -2.44. The van der Waals surface area contributed by atoms with Gasteiger partial charge in [0.15, 0.2) is 0 Å². The molecule has 0 amide bonds. The molecule has 1 N–H and O–H groups in total. The van der Waals surface area contributed by atoms with E-state index in [2.05, 4.69) is 45.0 Å². The highest BCUT2D eigenvalue weighted by molar-refractivity contribution is 4.84. The first-order valence-corrected chi connectivity index (χ1v) is 6.63. The summed E-state index contributed by atoms with van der Waals surface area (Å²) in [6.45, 7) is 10.9. The van der Waals surface area contributed by atoms with Gasteiger partial charge in [-0.05, 0) is 47.2 Å². The van der Waals surface area contributed by atoms with Crippen molar-refractivity contribution in [1.29, 1.82) is 0 Å².